The fourth-order valence-electron chi connectivity index (χ4n) is 2.05. The summed E-state index contributed by atoms with van der Waals surface area (Å²) in [7, 11) is 0. The van der Waals surface area contributed by atoms with E-state index in [-0.39, 0.29) is 0 Å². The molecule has 0 saturated heterocycles. The van der Waals surface area contributed by atoms with E-state index in [2.05, 4.69) is 48.5 Å². The van der Waals surface area contributed by atoms with Crippen molar-refractivity contribution in [2.75, 3.05) is 0 Å². The quantitative estimate of drug-likeness (QED) is 0.374. The molecule has 1 nitrogen and oxygen atoms in total. The summed E-state index contributed by atoms with van der Waals surface area (Å²) in [6.07, 6.45) is 4.82. The van der Waals surface area contributed by atoms with Gasteiger partial charge in [0.05, 0.1) is 0 Å². The molecule has 0 aliphatic heterocycles. The first kappa shape index (κ1) is 28.9. The van der Waals surface area contributed by atoms with Gasteiger partial charge in [0.15, 0.2) is 0 Å². The lowest BCUT2D eigenvalue weighted by Crippen LogP contribution is -1.86. The summed E-state index contributed by atoms with van der Waals surface area (Å²) in [6.45, 7) is 16.0. The van der Waals surface area contributed by atoms with E-state index in [0.717, 1.165) is 25.5 Å². The Hall–Kier alpha value is -1.89. The Morgan fingerprint density at radius 3 is 1.54 bits per heavy atom. The molecule has 0 aliphatic rings. The summed E-state index contributed by atoms with van der Waals surface area (Å²) >= 11 is 0. The molecule has 2 aromatic rings. The Labute approximate surface area is 163 Å². The minimum Gasteiger partial charge on any atom is -0.303 e. The van der Waals surface area contributed by atoms with Crippen LogP contribution in [-0.4, -0.2) is 6.29 Å². The van der Waals surface area contributed by atoms with E-state index in [1.54, 1.807) is 0 Å². The Balaban J connectivity index is -0.000000585. The Morgan fingerprint density at radius 2 is 1.08 bits per heavy atom. The largest absolute Gasteiger partial charge is 0.303 e. The van der Waals surface area contributed by atoms with Crippen molar-refractivity contribution in [1.82, 2.24) is 0 Å². The lowest BCUT2D eigenvalue weighted by atomic mass is 10.0. The molecule has 1 heteroatoms. The van der Waals surface area contributed by atoms with Crippen molar-refractivity contribution >= 4 is 6.29 Å². The number of aldehydes is 1. The van der Waals surface area contributed by atoms with Gasteiger partial charge < -0.3 is 4.79 Å². The predicted octanol–water partition coefficient (Wildman–Crippen LogP) is 8.37. The van der Waals surface area contributed by atoms with Crippen LogP contribution < -0.4 is 0 Å². The first-order valence-corrected chi connectivity index (χ1v) is 10.5. The summed E-state index contributed by atoms with van der Waals surface area (Å²) < 4.78 is 0. The molecule has 0 saturated carbocycles. The van der Waals surface area contributed by atoms with Crippen molar-refractivity contribution in [3.05, 3.63) is 60.2 Å². The Morgan fingerprint density at radius 1 is 0.615 bits per heavy atom. The van der Waals surface area contributed by atoms with Gasteiger partial charge in [-0.1, -0.05) is 110 Å². The van der Waals surface area contributed by atoms with Gasteiger partial charge >= 0.3 is 0 Å². The molecule has 0 spiro atoms. The monoisotopic (exact) mass is 358 g/mol. The third-order valence-electron chi connectivity index (χ3n) is 3.10. The van der Waals surface area contributed by atoms with E-state index in [9.17, 15) is 4.79 Å². The second-order valence-electron chi connectivity index (χ2n) is 4.48. The lowest BCUT2D eigenvalue weighted by Gasteiger charge is -2.04. The molecule has 0 N–H and O–H groups in total. The van der Waals surface area contributed by atoms with Gasteiger partial charge in [0.25, 0.3) is 0 Å². The topological polar surface area (TPSA) is 17.1 Å². The number of carbonyl (C=O) groups is 1. The van der Waals surface area contributed by atoms with Crippen LogP contribution in [0, 0.1) is 0 Å². The second kappa shape index (κ2) is 25.4. The maximum absolute atomic E-state index is 10.2. The first-order valence-electron chi connectivity index (χ1n) is 10.5. The van der Waals surface area contributed by atoms with Gasteiger partial charge in [-0.3, -0.25) is 0 Å². The molecule has 2 aromatic carbocycles. The molecule has 2 rings (SSSR count). The van der Waals surface area contributed by atoms with Gasteiger partial charge in [-0.05, 0) is 36.0 Å². The van der Waals surface area contributed by atoms with Crippen molar-refractivity contribution in [3.63, 3.8) is 0 Å². The van der Waals surface area contributed by atoms with E-state index in [0.29, 0.717) is 6.42 Å². The second-order valence-corrected chi connectivity index (χ2v) is 4.48. The van der Waals surface area contributed by atoms with Gasteiger partial charge in [0.1, 0.15) is 6.29 Å². The number of rotatable bonds is 6. The van der Waals surface area contributed by atoms with E-state index in [1.807, 2.05) is 61.5 Å². The highest BCUT2D eigenvalue weighted by Crippen LogP contribution is 2.19. The zero-order chi connectivity index (χ0) is 20.6. The van der Waals surface area contributed by atoms with Crippen LogP contribution in [0.1, 0.15) is 80.2 Å². The first-order chi connectivity index (χ1) is 12.9. The molecular formula is C25H42O. The Bertz CT molecular complexity index is 471. The molecule has 0 unspecified atom stereocenters. The fourth-order valence-corrected chi connectivity index (χ4v) is 2.05. The predicted molar refractivity (Wildman–Crippen MR) is 121 cm³/mol. The smallest absolute Gasteiger partial charge is 0.119 e. The number of hydrogen-bond acceptors (Lipinski definition) is 1. The van der Waals surface area contributed by atoms with Crippen LogP contribution in [0.15, 0.2) is 54.6 Å². The minimum absolute atomic E-state index is 0.683. The average molecular weight is 359 g/mol. The zero-order valence-corrected chi connectivity index (χ0v) is 18.5. The van der Waals surface area contributed by atoms with Gasteiger partial charge in [0.2, 0.25) is 0 Å². The van der Waals surface area contributed by atoms with Gasteiger partial charge in [-0.25, -0.2) is 0 Å². The molecule has 26 heavy (non-hydrogen) atoms. The summed E-state index contributed by atoms with van der Waals surface area (Å²) in [6, 6.07) is 19.1. The van der Waals surface area contributed by atoms with Crippen molar-refractivity contribution in [2.45, 2.75) is 81.1 Å². The third kappa shape index (κ3) is 14.5. The van der Waals surface area contributed by atoms with Gasteiger partial charge in [-0.15, -0.1) is 0 Å². The van der Waals surface area contributed by atoms with Crippen LogP contribution in [0.3, 0.4) is 0 Å². The van der Waals surface area contributed by atoms with Crippen molar-refractivity contribution in [2.24, 2.45) is 0 Å². The van der Waals surface area contributed by atoms with Crippen LogP contribution in [0.25, 0.3) is 11.1 Å². The highest BCUT2D eigenvalue weighted by molar-refractivity contribution is 5.63. The highest BCUT2D eigenvalue weighted by Gasteiger charge is 1.97. The maximum atomic E-state index is 10.2. The number of unbranched alkanes of at least 4 members (excludes halogenated alkanes) is 2. The average Bonchev–Trinajstić information content (AvgIpc) is 2.78. The van der Waals surface area contributed by atoms with Crippen LogP contribution in [-0.2, 0) is 11.2 Å². The molecule has 0 fully saturated rings. The van der Waals surface area contributed by atoms with Crippen molar-refractivity contribution in [3.8, 4) is 11.1 Å². The molecule has 0 aromatic heterocycles. The maximum Gasteiger partial charge on any atom is 0.119 e. The van der Waals surface area contributed by atoms with Crippen molar-refractivity contribution < 1.29 is 4.79 Å². The Kier molecular flexibility index (Phi) is 28.2. The third-order valence-corrected chi connectivity index (χ3v) is 3.10. The van der Waals surface area contributed by atoms with Gasteiger partial charge in [0, 0.05) is 6.42 Å². The van der Waals surface area contributed by atoms with Gasteiger partial charge in [-0.2, -0.15) is 0 Å². The van der Waals surface area contributed by atoms with E-state index in [1.165, 1.54) is 16.7 Å². The summed E-state index contributed by atoms with van der Waals surface area (Å²) in [5.74, 6) is 0. The molecule has 0 bridgehead atoms. The number of benzene rings is 2. The normalized spacial score (nSPS) is 8.00. The van der Waals surface area contributed by atoms with Crippen LogP contribution in [0.2, 0.25) is 0 Å². The molecule has 148 valence electrons. The summed E-state index contributed by atoms with van der Waals surface area (Å²) in [4.78, 5) is 10.2. The van der Waals surface area contributed by atoms with E-state index in [4.69, 9.17) is 0 Å². The molecule has 0 aliphatic carbocycles. The molecule has 0 atom stereocenters. The summed E-state index contributed by atoms with van der Waals surface area (Å²) in [5.41, 5.74) is 3.86. The van der Waals surface area contributed by atoms with Crippen molar-refractivity contribution in [1.29, 1.82) is 0 Å². The highest BCUT2D eigenvalue weighted by atomic mass is 16.1. The number of carbonyl (C=O) groups excluding carboxylic acids is 1. The lowest BCUT2D eigenvalue weighted by molar-refractivity contribution is -0.107. The summed E-state index contributed by atoms with van der Waals surface area (Å²) in [5, 5.41) is 0. The standard InChI is InChI=1S/C17H18O.4C2H6/c18-14-6-2-3-7-15-10-12-17(13-11-15)16-8-4-1-5-9-16;4*1-2/h1,4-5,8-14H,2-3,6-7H2;4*1-2H3. The van der Waals surface area contributed by atoms with E-state index >= 15 is 0 Å². The molecular weight excluding hydrogens is 316 g/mol. The number of aryl methyl sites for hydroxylation is 1. The minimum atomic E-state index is 0.683. The van der Waals surface area contributed by atoms with E-state index < -0.39 is 0 Å². The molecule has 0 radical (unpaired) electrons. The molecule has 0 amide bonds. The SMILES string of the molecule is CC.CC.CC.CC.O=CCCCCc1ccc(-c2ccccc2)cc1. The fraction of sp³-hybridized carbons (Fsp3) is 0.480. The van der Waals surface area contributed by atoms with Crippen LogP contribution in [0.4, 0.5) is 0 Å². The van der Waals surface area contributed by atoms with Crippen LogP contribution in [0.5, 0.6) is 0 Å². The van der Waals surface area contributed by atoms with Crippen LogP contribution >= 0.6 is 0 Å². The molecule has 0 heterocycles. The number of hydrogen-bond donors (Lipinski definition) is 0. The zero-order valence-electron chi connectivity index (χ0n) is 18.5.